The van der Waals surface area contributed by atoms with E-state index in [9.17, 15) is 9.90 Å². The van der Waals surface area contributed by atoms with Crippen LogP contribution in [0.3, 0.4) is 0 Å². The number of nitrogens with zero attached hydrogens (tertiary/aromatic N) is 1. The monoisotopic (exact) mass is 438 g/mol. The van der Waals surface area contributed by atoms with Crippen LogP contribution in [0.4, 0.5) is 0 Å². The van der Waals surface area contributed by atoms with Gasteiger partial charge in [-0.2, -0.15) is 5.10 Å². The molecule has 2 N–H and O–H groups in total. The quantitative estimate of drug-likeness (QED) is 0.401. The third kappa shape index (κ3) is 5.77. The molecule has 31 heavy (non-hydrogen) atoms. The molecule has 0 saturated heterocycles. The van der Waals surface area contributed by atoms with Crippen molar-refractivity contribution in [1.29, 1.82) is 0 Å². The van der Waals surface area contributed by atoms with Crippen molar-refractivity contribution in [3.63, 3.8) is 0 Å². The molecule has 160 valence electrons. The van der Waals surface area contributed by atoms with E-state index in [1.165, 1.54) is 30.5 Å². The van der Waals surface area contributed by atoms with Crippen molar-refractivity contribution in [2.24, 2.45) is 5.10 Å². The van der Waals surface area contributed by atoms with Gasteiger partial charge in [-0.15, -0.1) is 0 Å². The number of hydrazone groups is 1. The zero-order valence-electron chi connectivity index (χ0n) is 17.5. The molecule has 0 fully saturated rings. The Hall–Kier alpha value is -3.51. The number of ether oxygens (including phenoxy) is 2. The summed E-state index contributed by atoms with van der Waals surface area (Å²) in [6.45, 7) is 4.17. The van der Waals surface area contributed by atoms with Gasteiger partial charge in [0.25, 0.3) is 5.91 Å². The number of hydrogen-bond donors (Lipinski definition) is 2. The number of amides is 1. The largest absolute Gasteiger partial charge is 0.508 e. The van der Waals surface area contributed by atoms with Crippen molar-refractivity contribution >= 4 is 23.7 Å². The summed E-state index contributed by atoms with van der Waals surface area (Å²) in [7, 11) is 1.60. The number of hydrogen-bond acceptors (Lipinski definition) is 5. The van der Waals surface area contributed by atoms with Crippen LogP contribution in [0.5, 0.6) is 17.2 Å². The van der Waals surface area contributed by atoms with Gasteiger partial charge in [0, 0.05) is 16.1 Å². The number of aromatic hydroxyl groups is 1. The lowest BCUT2D eigenvalue weighted by Crippen LogP contribution is -2.17. The van der Waals surface area contributed by atoms with E-state index in [0.717, 1.165) is 33.0 Å². The van der Waals surface area contributed by atoms with E-state index in [1.54, 1.807) is 7.11 Å². The molecule has 0 aliphatic heterocycles. The van der Waals surface area contributed by atoms with E-state index < -0.39 is 0 Å². The molecule has 7 heteroatoms. The maximum atomic E-state index is 12.1. The predicted molar refractivity (Wildman–Crippen MR) is 121 cm³/mol. The third-order valence-electron chi connectivity index (χ3n) is 4.62. The maximum absolute atomic E-state index is 12.1. The van der Waals surface area contributed by atoms with Crippen LogP contribution in [0.1, 0.15) is 32.6 Å². The first-order chi connectivity index (χ1) is 14.9. The summed E-state index contributed by atoms with van der Waals surface area (Å²) in [6, 6.07) is 15.2. The van der Waals surface area contributed by atoms with Gasteiger partial charge in [0.1, 0.15) is 23.9 Å². The standard InChI is InChI=1S/C24H23ClN2O4/c1-15-10-21(11-16(2)23(15)25)31-14-19-12-17(4-9-22(19)30-3)13-26-27-24(29)18-5-7-20(28)8-6-18/h4-13,28H,14H2,1-3H3,(H,27,29). The number of halogens is 1. The molecule has 0 radical (unpaired) electrons. The minimum absolute atomic E-state index is 0.0944. The van der Waals surface area contributed by atoms with E-state index in [0.29, 0.717) is 17.9 Å². The first-order valence-electron chi connectivity index (χ1n) is 9.56. The molecule has 0 bridgehead atoms. The average Bonchev–Trinajstić information content (AvgIpc) is 2.76. The van der Waals surface area contributed by atoms with Gasteiger partial charge in [-0.1, -0.05) is 11.6 Å². The van der Waals surface area contributed by atoms with Crippen LogP contribution >= 0.6 is 11.6 Å². The molecule has 0 spiro atoms. The highest BCUT2D eigenvalue weighted by atomic mass is 35.5. The molecule has 0 unspecified atom stereocenters. The number of phenolic OH excluding ortho intramolecular Hbond substituents is 1. The highest BCUT2D eigenvalue weighted by molar-refractivity contribution is 6.32. The number of rotatable bonds is 7. The van der Waals surface area contributed by atoms with Gasteiger partial charge < -0.3 is 14.6 Å². The number of carbonyl (C=O) groups is 1. The summed E-state index contributed by atoms with van der Waals surface area (Å²) < 4.78 is 11.4. The average molecular weight is 439 g/mol. The number of nitrogens with one attached hydrogen (secondary N) is 1. The van der Waals surface area contributed by atoms with Crippen molar-refractivity contribution in [2.75, 3.05) is 7.11 Å². The van der Waals surface area contributed by atoms with Crippen molar-refractivity contribution in [3.8, 4) is 17.2 Å². The van der Waals surface area contributed by atoms with Gasteiger partial charge in [0.2, 0.25) is 0 Å². The van der Waals surface area contributed by atoms with Gasteiger partial charge in [-0.05, 0) is 85.1 Å². The molecule has 6 nitrogen and oxygen atoms in total. The third-order valence-corrected chi connectivity index (χ3v) is 5.21. The van der Waals surface area contributed by atoms with Crippen LogP contribution in [0.15, 0.2) is 59.7 Å². The number of methoxy groups -OCH3 is 1. The van der Waals surface area contributed by atoms with E-state index in [-0.39, 0.29) is 11.7 Å². The van der Waals surface area contributed by atoms with Crippen LogP contribution in [-0.4, -0.2) is 24.3 Å². The Labute approximate surface area is 186 Å². The first-order valence-corrected chi connectivity index (χ1v) is 9.94. The molecule has 0 aliphatic carbocycles. The van der Waals surface area contributed by atoms with Gasteiger partial charge in [-0.3, -0.25) is 4.79 Å². The van der Waals surface area contributed by atoms with Gasteiger partial charge in [-0.25, -0.2) is 5.43 Å². The second-order valence-electron chi connectivity index (χ2n) is 6.98. The first kappa shape index (κ1) is 22.2. The lowest BCUT2D eigenvalue weighted by atomic mass is 10.1. The van der Waals surface area contributed by atoms with Crippen LogP contribution in [0.25, 0.3) is 0 Å². The van der Waals surface area contributed by atoms with E-state index in [2.05, 4.69) is 10.5 Å². The Morgan fingerprint density at radius 2 is 1.77 bits per heavy atom. The highest BCUT2D eigenvalue weighted by Crippen LogP contribution is 2.27. The SMILES string of the molecule is COc1ccc(C=NNC(=O)c2ccc(O)cc2)cc1COc1cc(C)c(Cl)c(C)c1. The second-order valence-corrected chi connectivity index (χ2v) is 7.35. The van der Waals surface area contributed by atoms with Crippen LogP contribution in [-0.2, 0) is 6.61 Å². The zero-order valence-corrected chi connectivity index (χ0v) is 18.2. The molecule has 3 aromatic carbocycles. The van der Waals surface area contributed by atoms with Crippen LogP contribution in [0, 0.1) is 13.8 Å². The molecular weight excluding hydrogens is 416 g/mol. The summed E-state index contributed by atoms with van der Waals surface area (Å²) >= 11 is 6.22. The van der Waals surface area contributed by atoms with Gasteiger partial charge in [0.15, 0.2) is 0 Å². The Balaban J connectivity index is 1.69. The smallest absolute Gasteiger partial charge is 0.271 e. The predicted octanol–water partition coefficient (Wildman–Crippen LogP) is 5.01. The molecule has 0 aromatic heterocycles. The summed E-state index contributed by atoms with van der Waals surface area (Å²) in [4.78, 5) is 12.1. The molecule has 3 rings (SSSR count). The molecule has 1 amide bonds. The summed E-state index contributed by atoms with van der Waals surface area (Å²) in [5.41, 5.74) is 6.37. The molecule has 0 heterocycles. The Morgan fingerprint density at radius 1 is 1.10 bits per heavy atom. The molecule has 3 aromatic rings. The lowest BCUT2D eigenvalue weighted by molar-refractivity contribution is 0.0955. The van der Waals surface area contributed by atoms with Gasteiger partial charge in [0.05, 0.1) is 13.3 Å². The second kappa shape index (κ2) is 10.00. The number of carbonyl (C=O) groups excluding carboxylic acids is 1. The van der Waals surface area contributed by atoms with Gasteiger partial charge >= 0.3 is 0 Å². The Kier molecular flexibility index (Phi) is 7.15. The van der Waals surface area contributed by atoms with E-state index in [4.69, 9.17) is 21.1 Å². The number of aryl methyl sites for hydroxylation is 2. The summed E-state index contributed by atoms with van der Waals surface area (Å²) in [6.07, 6.45) is 1.54. The van der Waals surface area contributed by atoms with Crippen molar-refractivity contribution < 1.29 is 19.4 Å². The van der Waals surface area contributed by atoms with Crippen molar-refractivity contribution in [2.45, 2.75) is 20.5 Å². The minimum atomic E-state index is -0.373. The molecule has 0 aliphatic rings. The fourth-order valence-corrected chi connectivity index (χ4v) is 3.09. The van der Waals surface area contributed by atoms with Crippen molar-refractivity contribution in [1.82, 2.24) is 5.43 Å². The fraction of sp³-hybridized carbons (Fsp3) is 0.167. The molecule has 0 atom stereocenters. The number of phenols is 1. The zero-order chi connectivity index (χ0) is 22.4. The normalized spacial score (nSPS) is 10.8. The molecule has 0 saturated carbocycles. The van der Waals surface area contributed by atoms with E-state index >= 15 is 0 Å². The Morgan fingerprint density at radius 3 is 2.42 bits per heavy atom. The highest BCUT2D eigenvalue weighted by Gasteiger charge is 2.08. The fourth-order valence-electron chi connectivity index (χ4n) is 2.98. The summed E-state index contributed by atoms with van der Waals surface area (Å²) in [5, 5.41) is 14.0. The van der Waals surface area contributed by atoms with E-state index in [1.807, 2.05) is 44.2 Å². The minimum Gasteiger partial charge on any atom is -0.508 e. The Bertz CT molecular complexity index is 1090. The van der Waals surface area contributed by atoms with Crippen LogP contribution in [0.2, 0.25) is 5.02 Å². The van der Waals surface area contributed by atoms with Crippen molar-refractivity contribution in [3.05, 3.63) is 87.4 Å². The summed E-state index contributed by atoms with van der Waals surface area (Å²) in [5.74, 6) is 1.13. The molecular formula is C24H23ClN2O4. The lowest BCUT2D eigenvalue weighted by Gasteiger charge is -2.13. The number of benzene rings is 3. The topological polar surface area (TPSA) is 80.2 Å². The van der Waals surface area contributed by atoms with Crippen LogP contribution < -0.4 is 14.9 Å². The maximum Gasteiger partial charge on any atom is 0.271 e.